The molecule has 1 aliphatic heterocycles. The molecular weight excluding hydrogens is 386 g/mol. The van der Waals surface area contributed by atoms with E-state index in [-0.39, 0.29) is 11.9 Å². The summed E-state index contributed by atoms with van der Waals surface area (Å²) in [5.41, 5.74) is 5.48. The van der Waals surface area contributed by atoms with Crippen molar-refractivity contribution < 1.29 is 23.7 Å². The molecule has 1 aliphatic rings. The number of aromatic nitrogens is 2. The molecule has 0 aliphatic carbocycles. The molecule has 4 rings (SSSR count). The number of carbonyl (C=O) groups excluding carboxylic acids is 1. The van der Waals surface area contributed by atoms with E-state index in [1.165, 1.54) is 0 Å². The van der Waals surface area contributed by atoms with Gasteiger partial charge < -0.3 is 29.2 Å². The molecule has 0 saturated carbocycles. The van der Waals surface area contributed by atoms with E-state index in [2.05, 4.69) is 10.3 Å². The third-order valence-corrected chi connectivity index (χ3v) is 5.42. The van der Waals surface area contributed by atoms with E-state index in [9.17, 15) is 4.79 Å². The van der Waals surface area contributed by atoms with Crippen LogP contribution >= 0.6 is 0 Å². The maximum absolute atomic E-state index is 12.8. The minimum atomic E-state index is 0.0291. The van der Waals surface area contributed by atoms with Crippen LogP contribution in [-0.2, 0) is 4.74 Å². The van der Waals surface area contributed by atoms with Gasteiger partial charge in [0, 0.05) is 25.3 Å². The first-order valence-corrected chi connectivity index (χ1v) is 9.70. The van der Waals surface area contributed by atoms with Crippen molar-refractivity contribution in [2.24, 2.45) is 0 Å². The number of ether oxygens (including phenoxy) is 4. The highest BCUT2D eigenvalue weighted by Crippen LogP contribution is 2.52. The molecule has 30 heavy (non-hydrogen) atoms. The molecule has 2 N–H and O–H groups in total. The number of carbonyl (C=O) groups is 1. The van der Waals surface area contributed by atoms with Gasteiger partial charge >= 0.3 is 0 Å². The predicted octanol–water partition coefficient (Wildman–Crippen LogP) is 4.31. The van der Waals surface area contributed by atoms with Gasteiger partial charge in [-0.1, -0.05) is 0 Å². The number of anilines is 2. The molecule has 0 bridgehead atoms. The van der Waals surface area contributed by atoms with E-state index in [1.807, 2.05) is 19.1 Å². The Morgan fingerprint density at radius 3 is 2.37 bits per heavy atom. The monoisotopic (exact) mass is 411 g/mol. The van der Waals surface area contributed by atoms with Crippen LogP contribution < -0.4 is 19.5 Å². The van der Waals surface area contributed by atoms with Crippen LogP contribution in [-0.4, -0.2) is 50.3 Å². The molecule has 3 aromatic rings. The molecule has 0 amide bonds. The summed E-state index contributed by atoms with van der Waals surface area (Å²) in [5, 5.41) is 3.28. The molecule has 0 spiro atoms. The lowest BCUT2D eigenvalue weighted by atomic mass is 10.1. The molecular formula is C22H25N3O5. The van der Waals surface area contributed by atoms with Gasteiger partial charge in [-0.25, -0.2) is 4.98 Å². The highest BCUT2D eigenvalue weighted by molar-refractivity contribution is 6.18. The van der Waals surface area contributed by atoms with Crippen LogP contribution in [0, 0.1) is 0 Å². The Morgan fingerprint density at radius 2 is 1.77 bits per heavy atom. The lowest BCUT2D eigenvalue weighted by Gasteiger charge is -2.13. The van der Waals surface area contributed by atoms with Gasteiger partial charge in [0.25, 0.3) is 0 Å². The van der Waals surface area contributed by atoms with E-state index < -0.39 is 0 Å². The van der Waals surface area contributed by atoms with Crippen molar-refractivity contribution in [3.05, 3.63) is 23.9 Å². The zero-order valence-corrected chi connectivity index (χ0v) is 17.7. The van der Waals surface area contributed by atoms with Crippen LogP contribution in [0.5, 0.6) is 17.2 Å². The van der Waals surface area contributed by atoms with Crippen molar-refractivity contribution in [1.29, 1.82) is 0 Å². The zero-order chi connectivity index (χ0) is 21.4. The standard InChI is InChI=1S/C22H25N3O5/c1-11(27-2)6-7-14(26)13-10-23-19-18(13)24-17(20-21(19)25-20)12-8-15(28-3)22(30-5)16(9-12)29-4/h8-11,23,25H,6-7H2,1-5H3. The van der Waals surface area contributed by atoms with E-state index in [0.29, 0.717) is 41.2 Å². The fourth-order valence-corrected chi connectivity index (χ4v) is 3.58. The van der Waals surface area contributed by atoms with Crippen molar-refractivity contribution >= 4 is 28.2 Å². The lowest BCUT2D eigenvalue weighted by molar-refractivity contribution is 0.0879. The van der Waals surface area contributed by atoms with Crippen LogP contribution in [0.15, 0.2) is 18.3 Å². The molecule has 2 aromatic heterocycles. The van der Waals surface area contributed by atoms with Crippen molar-refractivity contribution in [1.82, 2.24) is 9.97 Å². The minimum Gasteiger partial charge on any atom is -0.493 e. The van der Waals surface area contributed by atoms with Crippen molar-refractivity contribution in [3.63, 3.8) is 0 Å². The van der Waals surface area contributed by atoms with Crippen LogP contribution in [0.2, 0.25) is 0 Å². The normalized spacial score (nSPS) is 12.8. The number of nitrogens with zero attached hydrogens (tertiary/aromatic N) is 1. The van der Waals surface area contributed by atoms with Crippen molar-refractivity contribution in [2.75, 3.05) is 33.8 Å². The van der Waals surface area contributed by atoms with E-state index in [0.717, 1.165) is 28.1 Å². The number of pyridine rings is 1. The summed E-state index contributed by atoms with van der Waals surface area (Å²) in [6.45, 7) is 1.95. The summed E-state index contributed by atoms with van der Waals surface area (Å²) in [6, 6.07) is 3.70. The topological polar surface area (TPSA) is 105 Å². The number of H-pyrrole nitrogens is 1. The molecule has 1 atom stereocenters. The second-order valence-electron chi connectivity index (χ2n) is 7.18. The number of Topliss-reactive ketones (excluding diaryl/α,β-unsaturated/α-hetero) is 1. The fraction of sp³-hybridized carbons (Fsp3) is 0.364. The maximum Gasteiger partial charge on any atom is 0.203 e. The minimum absolute atomic E-state index is 0.0291. The molecule has 8 heteroatoms. The Hall–Kier alpha value is -3.26. The average Bonchev–Trinajstić information content (AvgIpc) is 3.47. The highest BCUT2D eigenvalue weighted by atomic mass is 16.5. The van der Waals surface area contributed by atoms with E-state index in [4.69, 9.17) is 23.9 Å². The molecule has 0 fully saturated rings. The Morgan fingerprint density at radius 1 is 1.07 bits per heavy atom. The Kier molecular flexibility index (Phi) is 5.26. The van der Waals surface area contributed by atoms with Gasteiger partial charge in [-0.15, -0.1) is 0 Å². The van der Waals surface area contributed by atoms with Gasteiger partial charge in [-0.2, -0.15) is 0 Å². The summed E-state index contributed by atoms with van der Waals surface area (Å²) in [4.78, 5) is 20.8. The highest BCUT2D eigenvalue weighted by Gasteiger charge is 2.30. The quantitative estimate of drug-likeness (QED) is 0.312. The number of rotatable bonds is 9. The predicted molar refractivity (Wildman–Crippen MR) is 115 cm³/mol. The molecule has 3 heterocycles. The summed E-state index contributed by atoms with van der Waals surface area (Å²) < 4.78 is 21.6. The van der Waals surface area contributed by atoms with Crippen LogP contribution in [0.3, 0.4) is 0 Å². The second kappa shape index (κ2) is 7.87. The number of hydrogen-bond acceptors (Lipinski definition) is 7. The fourth-order valence-electron chi connectivity index (χ4n) is 3.58. The maximum atomic E-state index is 12.8. The first kappa shape index (κ1) is 20.0. The van der Waals surface area contributed by atoms with Crippen LogP contribution in [0.4, 0.5) is 11.4 Å². The molecule has 1 aromatic carbocycles. The number of nitrogens with one attached hydrogen (secondary N) is 2. The lowest BCUT2D eigenvalue weighted by Crippen LogP contribution is -2.08. The second-order valence-corrected chi connectivity index (χ2v) is 7.18. The largest absolute Gasteiger partial charge is 0.493 e. The molecule has 8 nitrogen and oxygen atoms in total. The SMILES string of the molecule is COc1cc(-c2nc3c(C(=O)CCC(C)OC)c[nH]c3c3c2N3)cc(OC)c1OC. The van der Waals surface area contributed by atoms with E-state index >= 15 is 0 Å². The Labute approximate surface area is 174 Å². The number of aromatic amines is 1. The van der Waals surface area contributed by atoms with Gasteiger partial charge in [0.2, 0.25) is 5.75 Å². The molecule has 158 valence electrons. The average molecular weight is 411 g/mol. The van der Waals surface area contributed by atoms with E-state index in [1.54, 1.807) is 34.6 Å². The van der Waals surface area contributed by atoms with Gasteiger partial charge in [-0.3, -0.25) is 4.79 Å². The number of fused-ring (bicyclic) bond motifs is 3. The van der Waals surface area contributed by atoms with Gasteiger partial charge in [0.15, 0.2) is 17.3 Å². The van der Waals surface area contributed by atoms with Crippen molar-refractivity contribution in [3.8, 4) is 28.5 Å². The Bertz CT molecular complexity index is 1100. The summed E-state index contributed by atoms with van der Waals surface area (Å²) in [5.74, 6) is 1.64. The smallest absolute Gasteiger partial charge is 0.203 e. The van der Waals surface area contributed by atoms with Gasteiger partial charge in [0.1, 0.15) is 5.52 Å². The third kappa shape index (κ3) is 3.33. The molecule has 0 saturated heterocycles. The zero-order valence-electron chi connectivity index (χ0n) is 17.7. The number of ketones is 1. The summed E-state index contributed by atoms with van der Waals surface area (Å²) in [7, 11) is 6.36. The Balaban J connectivity index is 1.77. The summed E-state index contributed by atoms with van der Waals surface area (Å²) >= 11 is 0. The number of hydrogen-bond donors (Lipinski definition) is 2. The first-order chi connectivity index (χ1) is 14.5. The van der Waals surface area contributed by atoms with Crippen LogP contribution in [0.25, 0.3) is 22.3 Å². The molecule has 0 radical (unpaired) electrons. The molecule has 1 unspecified atom stereocenters. The first-order valence-electron chi connectivity index (χ1n) is 9.70. The van der Waals surface area contributed by atoms with Gasteiger partial charge in [-0.05, 0) is 25.5 Å². The van der Waals surface area contributed by atoms with Crippen molar-refractivity contribution in [2.45, 2.75) is 25.9 Å². The summed E-state index contributed by atoms with van der Waals surface area (Å²) in [6.07, 6.45) is 2.82. The number of benzene rings is 1. The van der Waals surface area contributed by atoms with Crippen LogP contribution in [0.1, 0.15) is 30.1 Å². The number of methoxy groups -OCH3 is 4. The third-order valence-electron chi connectivity index (χ3n) is 5.42. The van der Waals surface area contributed by atoms with Gasteiger partial charge in [0.05, 0.1) is 55.6 Å².